The molecule has 3 nitrogen and oxygen atoms in total. The molecule has 2 aliphatic heterocycles. The van der Waals surface area contributed by atoms with Gasteiger partial charge in [0.25, 0.3) is 0 Å². The van der Waals surface area contributed by atoms with E-state index in [0.29, 0.717) is 6.04 Å². The van der Waals surface area contributed by atoms with Crippen LogP contribution < -0.4 is 5.32 Å². The van der Waals surface area contributed by atoms with Gasteiger partial charge >= 0.3 is 0 Å². The lowest BCUT2D eigenvalue weighted by Gasteiger charge is -2.31. The van der Waals surface area contributed by atoms with Gasteiger partial charge in [-0.1, -0.05) is 0 Å². The van der Waals surface area contributed by atoms with Crippen LogP contribution in [0.1, 0.15) is 32.6 Å². The van der Waals surface area contributed by atoms with E-state index >= 15 is 0 Å². The summed E-state index contributed by atoms with van der Waals surface area (Å²) in [5.41, 5.74) is 0. The van der Waals surface area contributed by atoms with E-state index in [4.69, 9.17) is 0 Å². The third-order valence-corrected chi connectivity index (χ3v) is 4.21. The van der Waals surface area contributed by atoms with E-state index < -0.39 is 0 Å². The summed E-state index contributed by atoms with van der Waals surface area (Å²) in [7, 11) is 2.25. The molecule has 0 radical (unpaired) electrons. The standard InChI is InChI=1S/C14H29N3/c1-13(11-17-8-3-4-9-17)15-10-14-6-5-7-16(2)12-14/h13-15H,3-12H2,1-2H3. The highest BCUT2D eigenvalue weighted by molar-refractivity contribution is 4.76. The van der Waals surface area contributed by atoms with E-state index in [2.05, 4.69) is 29.1 Å². The largest absolute Gasteiger partial charge is 0.313 e. The summed E-state index contributed by atoms with van der Waals surface area (Å²) in [5, 5.41) is 3.73. The first kappa shape index (κ1) is 13.3. The minimum Gasteiger partial charge on any atom is -0.313 e. The molecule has 0 aliphatic carbocycles. The molecule has 2 fully saturated rings. The summed E-state index contributed by atoms with van der Waals surface area (Å²) < 4.78 is 0. The van der Waals surface area contributed by atoms with E-state index in [1.165, 1.54) is 65.0 Å². The molecule has 0 saturated carbocycles. The Morgan fingerprint density at radius 1 is 1.18 bits per heavy atom. The number of nitrogens with one attached hydrogen (secondary N) is 1. The minimum absolute atomic E-state index is 0.653. The monoisotopic (exact) mass is 239 g/mol. The van der Waals surface area contributed by atoms with E-state index in [0.717, 1.165) is 5.92 Å². The highest BCUT2D eigenvalue weighted by Gasteiger charge is 2.19. The van der Waals surface area contributed by atoms with Crippen LogP contribution in [0.4, 0.5) is 0 Å². The van der Waals surface area contributed by atoms with Crippen molar-refractivity contribution in [1.82, 2.24) is 15.1 Å². The van der Waals surface area contributed by atoms with Crippen molar-refractivity contribution in [3.05, 3.63) is 0 Å². The summed E-state index contributed by atoms with van der Waals surface area (Å²) in [5.74, 6) is 0.870. The molecule has 0 amide bonds. The number of hydrogen-bond donors (Lipinski definition) is 1. The fourth-order valence-corrected chi connectivity index (χ4v) is 3.22. The smallest absolute Gasteiger partial charge is 0.0166 e. The summed E-state index contributed by atoms with van der Waals surface area (Å²) in [4.78, 5) is 5.08. The van der Waals surface area contributed by atoms with Gasteiger partial charge in [0.2, 0.25) is 0 Å². The number of piperidine rings is 1. The molecule has 2 heterocycles. The van der Waals surface area contributed by atoms with Crippen LogP contribution in [0, 0.1) is 5.92 Å². The quantitative estimate of drug-likeness (QED) is 0.782. The van der Waals surface area contributed by atoms with E-state index in [1.807, 2.05) is 0 Å². The van der Waals surface area contributed by atoms with Crippen molar-refractivity contribution in [2.24, 2.45) is 5.92 Å². The van der Waals surface area contributed by atoms with Crippen molar-refractivity contribution < 1.29 is 0 Å². The molecule has 0 spiro atoms. The topological polar surface area (TPSA) is 18.5 Å². The molecule has 2 rings (SSSR count). The van der Waals surface area contributed by atoms with E-state index in [1.54, 1.807) is 0 Å². The Hall–Kier alpha value is -0.120. The molecule has 0 aromatic heterocycles. The van der Waals surface area contributed by atoms with Crippen molar-refractivity contribution in [2.45, 2.75) is 38.6 Å². The molecule has 1 N–H and O–H groups in total. The van der Waals surface area contributed by atoms with Crippen LogP contribution >= 0.6 is 0 Å². The van der Waals surface area contributed by atoms with Crippen molar-refractivity contribution >= 4 is 0 Å². The molecule has 17 heavy (non-hydrogen) atoms. The van der Waals surface area contributed by atoms with Gasteiger partial charge in [0.1, 0.15) is 0 Å². The summed E-state index contributed by atoms with van der Waals surface area (Å²) in [6, 6.07) is 0.653. The van der Waals surface area contributed by atoms with Crippen molar-refractivity contribution in [2.75, 3.05) is 46.3 Å². The summed E-state index contributed by atoms with van der Waals surface area (Å²) in [6.45, 7) is 9.99. The number of hydrogen-bond acceptors (Lipinski definition) is 3. The first-order chi connectivity index (χ1) is 8.24. The van der Waals surface area contributed by atoms with Gasteiger partial charge in [0.05, 0.1) is 0 Å². The van der Waals surface area contributed by atoms with Crippen LogP contribution in [-0.4, -0.2) is 62.2 Å². The van der Waals surface area contributed by atoms with Crippen LogP contribution in [0.2, 0.25) is 0 Å². The van der Waals surface area contributed by atoms with Crippen LogP contribution in [0.3, 0.4) is 0 Å². The zero-order chi connectivity index (χ0) is 12.1. The second kappa shape index (κ2) is 6.72. The number of likely N-dealkylation sites (tertiary alicyclic amines) is 2. The second-order valence-electron chi connectivity index (χ2n) is 6.09. The van der Waals surface area contributed by atoms with Gasteiger partial charge in [-0.3, -0.25) is 0 Å². The molecular formula is C14H29N3. The Morgan fingerprint density at radius 2 is 1.94 bits per heavy atom. The summed E-state index contributed by atoms with van der Waals surface area (Å²) in [6.07, 6.45) is 5.59. The molecular weight excluding hydrogens is 210 g/mol. The molecule has 2 aliphatic rings. The molecule has 2 atom stereocenters. The maximum Gasteiger partial charge on any atom is 0.0166 e. The SMILES string of the molecule is CC(CN1CCCC1)NCC1CCCN(C)C1. The Morgan fingerprint density at radius 3 is 2.65 bits per heavy atom. The second-order valence-corrected chi connectivity index (χ2v) is 6.09. The van der Waals surface area contributed by atoms with Gasteiger partial charge in [0.15, 0.2) is 0 Å². The van der Waals surface area contributed by atoms with E-state index in [-0.39, 0.29) is 0 Å². The zero-order valence-corrected chi connectivity index (χ0v) is 11.6. The predicted molar refractivity (Wildman–Crippen MR) is 73.4 cm³/mol. The van der Waals surface area contributed by atoms with Gasteiger partial charge in [-0.15, -0.1) is 0 Å². The van der Waals surface area contributed by atoms with Gasteiger partial charge in [0, 0.05) is 19.1 Å². The third-order valence-electron chi connectivity index (χ3n) is 4.21. The van der Waals surface area contributed by atoms with Crippen LogP contribution in [0.15, 0.2) is 0 Å². The van der Waals surface area contributed by atoms with Crippen LogP contribution in [0.5, 0.6) is 0 Å². The first-order valence-corrected chi connectivity index (χ1v) is 7.38. The molecule has 3 heteroatoms. The predicted octanol–water partition coefficient (Wildman–Crippen LogP) is 1.40. The number of rotatable bonds is 5. The molecule has 2 unspecified atom stereocenters. The Balaban J connectivity index is 1.59. The van der Waals surface area contributed by atoms with Crippen molar-refractivity contribution in [3.63, 3.8) is 0 Å². The molecule has 100 valence electrons. The van der Waals surface area contributed by atoms with Crippen molar-refractivity contribution in [3.8, 4) is 0 Å². The average molecular weight is 239 g/mol. The lowest BCUT2D eigenvalue weighted by molar-refractivity contribution is 0.199. The normalized spacial score (nSPS) is 29.6. The van der Waals surface area contributed by atoms with E-state index in [9.17, 15) is 0 Å². The molecule has 0 bridgehead atoms. The molecule has 0 aromatic rings. The third kappa shape index (κ3) is 4.57. The van der Waals surface area contributed by atoms with Crippen molar-refractivity contribution in [1.29, 1.82) is 0 Å². The van der Waals surface area contributed by atoms with Gasteiger partial charge in [-0.25, -0.2) is 0 Å². The summed E-state index contributed by atoms with van der Waals surface area (Å²) >= 11 is 0. The fraction of sp³-hybridized carbons (Fsp3) is 1.00. The maximum atomic E-state index is 3.73. The zero-order valence-electron chi connectivity index (χ0n) is 11.6. The van der Waals surface area contributed by atoms with Crippen LogP contribution in [-0.2, 0) is 0 Å². The molecule has 2 saturated heterocycles. The minimum atomic E-state index is 0.653. The lowest BCUT2D eigenvalue weighted by atomic mass is 9.98. The number of nitrogens with zero attached hydrogens (tertiary/aromatic N) is 2. The Kier molecular flexibility index (Phi) is 5.26. The van der Waals surface area contributed by atoms with Gasteiger partial charge in [-0.2, -0.15) is 0 Å². The highest BCUT2D eigenvalue weighted by Crippen LogP contribution is 2.14. The van der Waals surface area contributed by atoms with Gasteiger partial charge in [-0.05, 0) is 71.8 Å². The lowest BCUT2D eigenvalue weighted by Crippen LogP contribution is -2.43. The Labute approximate surface area is 107 Å². The molecule has 0 aromatic carbocycles. The first-order valence-electron chi connectivity index (χ1n) is 7.38. The average Bonchev–Trinajstić information content (AvgIpc) is 2.79. The fourth-order valence-electron chi connectivity index (χ4n) is 3.22. The maximum absolute atomic E-state index is 3.73. The van der Waals surface area contributed by atoms with Crippen LogP contribution in [0.25, 0.3) is 0 Å². The van der Waals surface area contributed by atoms with Gasteiger partial charge < -0.3 is 15.1 Å². The highest BCUT2D eigenvalue weighted by atomic mass is 15.2. The Bertz CT molecular complexity index is 214.